The number of benzene rings is 1. The van der Waals surface area contributed by atoms with Crippen molar-refractivity contribution < 1.29 is 9.59 Å². The molecule has 1 aromatic carbocycles. The average Bonchev–Trinajstić information content (AvgIpc) is 2.54. The van der Waals surface area contributed by atoms with Crippen LogP contribution in [0, 0.1) is 3.57 Å². The predicted octanol–water partition coefficient (Wildman–Crippen LogP) is 1.89. The van der Waals surface area contributed by atoms with Crippen molar-refractivity contribution >= 4 is 34.4 Å². The third-order valence-electron chi connectivity index (χ3n) is 4.14. The Morgan fingerprint density at radius 1 is 1.25 bits per heavy atom. The molecular weight excluding hydrogens is 421 g/mol. The summed E-state index contributed by atoms with van der Waals surface area (Å²) in [5.41, 5.74) is 6.81. The summed E-state index contributed by atoms with van der Waals surface area (Å²) in [6, 6.07) is 8.58. The van der Waals surface area contributed by atoms with Crippen LogP contribution in [-0.4, -0.2) is 16.8 Å². The highest BCUT2D eigenvalue weighted by molar-refractivity contribution is 14.1. The molecule has 0 fully saturated rings. The molecule has 1 aliphatic carbocycles. The molecule has 0 saturated heterocycles. The van der Waals surface area contributed by atoms with Gasteiger partial charge in [-0.15, -0.1) is 0 Å². The topological polar surface area (TPSA) is 105 Å². The molecule has 0 spiro atoms. The fraction of sp³-hybridized carbons (Fsp3) is 0.235. The van der Waals surface area contributed by atoms with E-state index in [9.17, 15) is 14.4 Å². The number of pyridine rings is 1. The second-order valence-electron chi connectivity index (χ2n) is 5.71. The number of nitrogens with one attached hydrogen (secondary N) is 2. The number of carbonyl (C=O) groups excluding carboxylic acids is 2. The van der Waals surface area contributed by atoms with Gasteiger partial charge < -0.3 is 16.0 Å². The number of nitrogens with two attached hydrogens (primary N) is 1. The number of aromatic nitrogens is 1. The van der Waals surface area contributed by atoms with Crippen LogP contribution in [0.15, 0.2) is 35.1 Å². The third kappa shape index (κ3) is 3.21. The van der Waals surface area contributed by atoms with E-state index in [1.165, 1.54) is 6.07 Å². The lowest BCUT2D eigenvalue weighted by molar-refractivity contribution is 0.0931. The minimum atomic E-state index is -0.771. The minimum absolute atomic E-state index is 0.0795. The number of hydrogen-bond donors (Lipinski definition) is 3. The molecule has 0 radical (unpaired) electrons. The molecule has 2 aromatic rings. The molecule has 7 heteroatoms. The van der Waals surface area contributed by atoms with Crippen molar-refractivity contribution in [3.63, 3.8) is 0 Å². The van der Waals surface area contributed by atoms with Gasteiger partial charge in [0.05, 0.1) is 11.6 Å². The lowest BCUT2D eigenvalue weighted by Gasteiger charge is -2.26. The van der Waals surface area contributed by atoms with E-state index in [4.69, 9.17) is 5.73 Å². The Balaban J connectivity index is 1.93. The Morgan fingerprint density at radius 3 is 2.71 bits per heavy atom. The summed E-state index contributed by atoms with van der Waals surface area (Å²) in [4.78, 5) is 38.6. The molecule has 1 atom stereocenters. The zero-order valence-corrected chi connectivity index (χ0v) is 14.9. The van der Waals surface area contributed by atoms with Gasteiger partial charge in [0, 0.05) is 9.26 Å². The first-order chi connectivity index (χ1) is 11.5. The van der Waals surface area contributed by atoms with E-state index in [-0.39, 0.29) is 17.5 Å². The average molecular weight is 437 g/mol. The van der Waals surface area contributed by atoms with Crippen molar-refractivity contribution in [1.82, 2.24) is 10.3 Å². The van der Waals surface area contributed by atoms with Gasteiger partial charge >= 0.3 is 0 Å². The highest BCUT2D eigenvalue weighted by atomic mass is 127. The van der Waals surface area contributed by atoms with Crippen LogP contribution in [0.25, 0.3) is 0 Å². The predicted molar refractivity (Wildman–Crippen MR) is 97.9 cm³/mol. The van der Waals surface area contributed by atoms with Gasteiger partial charge in [-0.1, -0.05) is 12.1 Å². The van der Waals surface area contributed by atoms with Crippen LogP contribution in [0.5, 0.6) is 0 Å². The summed E-state index contributed by atoms with van der Waals surface area (Å²) in [6.07, 6.45) is 2.29. The van der Waals surface area contributed by atoms with Gasteiger partial charge in [0.15, 0.2) is 0 Å². The first-order valence-electron chi connectivity index (χ1n) is 7.58. The monoisotopic (exact) mass is 437 g/mol. The van der Waals surface area contributed by atoms with Crippen LogP contribution in [-0.2, 0) is 6.42 Å². The van der Waals surface area contributed by atoms with Crippen LogP contribution in [0.2, 0.25) is 0 Å². The first-order valence-corrected chi connectivity index (χ1v) is 8.66. The molecular formula is C17H16IN3O3. The summed E-state index contributed by atoms with van der Waals surface area (Å²) >= 11 is 2.12. The second-order valence-corrected chi connectivity index (χ2v) is 6.87. The maximum atomic E-state index is 12.5. The highest BCUT2D eigenvalue weighted by Gasteiger charge is 2.25. The van der Waals surface area contributed by atoms with E-state index in [2.05, 4.69) is 32.9 Å². The van der Waals surface area contributed by atoms with Crippen LogP contribution < -0.4 is 16.6 Å². The molecule has 0 aliphatic heterocycles. The third-order valence-corrected chi connectivity index (χ3v) is 5.08. The smallest absolute Gasteiger partial charge is 0.261 e. The van der Waals surface area contributed by atoms with Crippen molar-refractivity contribution in [3.8, 4) is 0 Å². The van der Waals surface area contributed by atoms with E-state index in [0.717, 1.165) is 27.7 Å². The minimum Gasteiger partial charge on any atom is -0.365 e. The molecule has 1 unspecified atom stereocenters. The van der Waals surface area contributed by atoms with Crippen LogP contribution >= 0.6 is 22.6 Å². The summed E-state index contributed by atoms with van der Waals surface area (Å²) in [5.74, 6) is -0.947. The lowest BCUT2D eigenvalue weighted by Crippen LogP contribution is -2.34. The van der Waals surface area contributed by atoms with Gasteiger partial charge in [0.1, 0.15) is 5.56 Å². The number of aryl methyl sites for hydroxylation is 1. The summed E-state index contributed by atoms with van der Waals surface area (Å²) in [7, 11) is 0. The molecule has 1 heterocycles. The number of amides is 2. The molecule has 1 aromatic heterocycles. The molecule has 2 amide bonds. The zero-order chi connectivity index (χ0) is 17.3. The molecule has 124 valence electrons. The largest absolute Gasteiger partial charge is 0.365 e. The van der Waals surface area contributed by atoms with Crippen molar-refractivity contribution in [2.45, 2.75) is 25.3 Å². The van der Waals surface area contributed by atoms with Gasteiger partial charge in [0.25, 0.3) is 17.4 Å². The SMILES string of the molecule is NC(=O)c1cc2c([nH]c1=O)CCCC2NC(=O)c1ccccc1I. The van der Waals surface area contributed by atoms with Crippen molar-refractivity contribution in [1.29, 1.82) is 0 Å². The standard InChI is InChI=1S/C17H16IN3O3/c18-12-5-2-1-4-9(12)16(23)20-13-6-3-7-14-10(13)8-11(15(19)22)17(24)21-14/h1-2,4-5,8,13H,3,6-7H2,(H2,19,22)(H,20,23)(H,21,24). The normalized spacial score (nSPS) is 16.3. The summed E-state index contributed by atoms with van der Waals surface area (Å²) in [6.45, 7) is 0. The van der Waals surface area contributed by atoms with Crippen LogP contribution in [0.1, 0.15) is 50.9 Å². The number of fused-ring (bicyclic) bond motifs is 1. The van der Waals surface area contributed by atoms with Crippen molar-refractivity contribution in [3.05, 3.63) is 66.6 Å². The quantitative estimate of drug-likeness (QED) is 0.639. The Labute approximate surface area is 152 Å². The number of carbonyl (C=O) groups is 2. The molecule has 4 N–H and O–H groups in total. The van der Waals surface area contributed by atoms with Gasteiger partial charge in [-0.05, 0) is 65.6 Å². The van der Waals surface area contributed by atoms with Gasteiger partial charge in [0.2, 0.25) is 0 Å². The number of hydrogen-bond acceptors (Lipinski definition) is 3. The zero-order valence-electron chi connectivity index (χ0n) is 12.8. The van der Waals surface area contributed by atoms with E-state index in [0.29, 0.717) is 12.0 Å². The van der Waals surface area contributed by atoms with Crippen LogP contribution in [0.3, 0.4) is 0 Å². The van der Waals surface area contributed by atoms with E-state index in [1.54, 1.807) is 6.07 Å². The number of H-pyrrole nitrogens is 1. The van der Waals surface area contributed by atoms with Gasteiger partial charge in [-0.2, -0.15) is 0 Å². The fourth-order valence-corrected chi connectivity index (χ4v) is 3.59. The summed E-state index contributed by atoms with van der Waals surface area (Å²) in [5, 5.41) is 3.00. The molecule has 1 aliphatic rings. The van der Waals surface area contributed by atoms with E-state index < -0.39 is 11.5 Å². The number of aromatic amines is 1. The van der Waals surface area contributed by atoms with E-state index >= 15 is 0 Å². The fourth-order valence-electron chi connectivity index (χ4n) is 2.96. The Bertz CT molecular complexity index is 876. The Hall–Kier alpha value is -2.16. The molecule has 0 bridgehead atoms. The number of halogens is 1. The van der Waals surface area contributed by atoms with Crippen molar-refractivity contribution in [2.75, 3.05) is 0 Å². The van der Waals surface area contributed by atoms with Crippen molar-refractivity contribution in [2.24, 2.45) is 5.73 Å². The first kappa shape index (κ1) is 16.7. The maximum Gasteiger partial charge on any atom is 0.261 e. The molecule has 6 nitrogen and oxygen atoms in total. The Kier molecular flexibility index (Phi) is 4.70. The highest BCUT2D eigenvalue weighted by Crippen LogP contribution is 2.28. The second kappa shape index (κ2) is 6.76. The van der Waals surface area contributed by atoms with Gasteiger partial charge in [-0.3, -0.25) is 14.4 Å². The lowest BCUT2D eigenvalue weighted by atomic mass is 9.90. The van der Waals surface area contributed by atoms with E-state index in [1.807, 2.05) is 18.2 Å². The maximum absolute atomic E-state index is 12.5. The summed E-state index contributed by atoms with van der Waals surface area (Å²) < 4.78 is 0.864. The molecule has 24 heavy (non-hydrogen) atoms. The molecule has 0 saturated carbocycles. The Morgan fingerprint density at radius 2 is 2.00 bits per heavy atom. The number of primary amides is 1. The van der Waals surface area contributed by atoms with Crippen LogP contribution in [0.4, 0.5) is 0 Å². The molecule has 3 rings (SSSR count). The number of rotatable bonds is 3. The van der Waals surface area contributed by atoms with Gasteiger partial charge in [-0.25, -0.2) is 0 Å².